The molecule has 2 aromatic carbocycles. The van der Waals surface area contributed by atoms with Crippen LogP contribution in [0, 0.1) is 0 Å². The molecular formula is C18H20N2O. The molecule has 3 heteroatoms. The molecule has 3 nitrogen and oxygen atoms in total. The van der Waals surface area contributed by atoms with Gasteiger partial charge in [0.25, 0.3) is 0 Å². The minimum Gasteiger partial charge on any atom is -0.366 e. The van der Waals surface area contributed by atoms with Gasteiger partial charge in [-0.15, -0.1) is 0 Å². The minimum atomic E-state index is -0.379. The molecule has 21 heavy (non-hydrogen) atoms. The second-order valence-electron chi connectivity index (χ2n) is 5.59. The van der Waals surface area contributed by atoms with E-state index in [1.54, 1.807) is 6.07 Å². The number of carbonyl (C=O) groups excluding carboxylic acids is 1. The van der Waals surface area contributed by atoms with Crippen molar-refractivity contribution >= 4 is 5.91 Å². The third-order valence-electron chi connectivity index (χ3n) is 4.04. The standard InChI is InChI=1S/C18H20N2O/c19-18(21)17-9-2-1-8-16(17)15-7-5-6-14(12-15)13-20-10-3-4-11-20/h1-2,5-9,12H,3-4,10-11,13H2,(H2,19,21). The number of hydrogen-bond donors (Lipinski definition) is 1. The molecule has 0 aliphatic carbocycles. The molecule has 2 aromatic rings. The maximum atomic E-state index is 11.6. The van der Waals surface area contributed by atoms with Gasteiger partial charge in [-0.3, -0.25) is 9.69 Å². The van der Waals surface area contributed by atoms with Crippen molar-refractivity contribution in [3.05, 3.63) is 59.7 Å². The van der Waals surface area contributed by atoms with Gasteiger partial charge >= 0.3 is 0 Å². The Bertz CT molecular complexity index is 645. The second-order valence-corrected chi connectivity index (χ2v) is 5.59. The fourth-order valence-electron chi connectivity index (χ4n) is 2.99. The van der Waals surface area contributed by atoms with E-state index in [9.17, 15) is 4.79 Å². The molecule has 0 bridgehead atoms. The van der Waals surface area contributed by atoms with Crippen LogP contribution in [0.1, 0.15) is 28.8 Å². The molecular weight excluding hydrogens is 260 g/mol. The van der Waals surface area contributed by atoms with Crippen molar-refractivity contribution in [2.45, 2.75) is 19.4 Å². The van der Waals surface area contributed by atoms with Crippen molar-refractivity contribution in [1.29, 1.82) is 0 Å². The summed E-state index contributed by atoms with van der Waals surface area (Å²) < 4.78 is 0. The van der Waals surface area contributed by atoms with Crippen LogP contribution in [0.25, 0.3) is 11.1 Å². The average molecular weight is 280 g/mol. The fraction of sp³-hybridized carbons (Fsp3) is 0.278. The van der Waals surface area contributed by atoms with Crippen LogP contribution in [-0.2, 0) is 6.54 Å². The number of amides is 1. The Balaban J connectivity index is 1.90. The van der Waals surface area contributed by atoms with E-state index in [4.69, 9.17) is 5.73 Å². The molecule has 0 unspecified atom stereocenters. The molecule has 1 aliphatic heterocycles. The highest BCUT2D eigenvalue weighted by atomic mass is 16.1. The van der Waals surface area contributed by atoms with Gasteiger partial charge in [-0.2, -0.15) is 0 Å². The topological polar surface area (TPSA) is 46.3 Å². The summed E-state index contributed by atoms with van der Waals surface area (Å²) in [6.07, 6.45) is 2.59. The number of nitrogens with two attached hydrogens (primary N) is 1. The average Bonchev–Trinajstić information content (AvgIpc) is 3.00. The summed E-state index contributed by atoms with van der Waals surface area (Å²) in [5.74, 6) is -0.379. The van der Waals surface area contributed by atoms with Crippen LogP contribution < -0.4 is 5.73 Å². The molecule has 2 N–H and O–H groups in total. The first-order chi connectivity index (χ1) is 10.2. The van der Waals surface area contributed by atoms with E-state index in [0.717, 1.165) is 17.7 Å². The van der Waals surface area contributed by atoms with Crippen LogP contribution in [0.3, 0.4) is 0 Å². The van der Waals surface area contributed by atoms with Gasteiger partial charge in [-0.25, -0.2) is 0 Å². The Morgan fingerprint density at radius 3 is 2.57 bits per heavy atom. The van der Waals surface area contributed by atoms with Gasteiger partial charge < -0.3 is 5.73 Å². The lowest BCUT2D eigenvalue weighted by Gasteiger charge is -2.15. The van der Waals surface area contributed by atoms with Crippen LogP contribution in [0.4, 0.5) is 0 Å². The molecule has 0 aromatic heterocycles. The smallest absolute Gasteiger partial charge is 0.249 e. The number of likely N-dealkylation sites (tertiary alicyclic amines) is 1. The number of benzene rings is 2. The fourth-order valence-corrected chi connectivity index (χ4v) is 2.99. The van der Waals surface area contributed by atoms with Crippen LogP contribution in [0.15, 0.2) is 48.5 Å². The third kappa shape index (κ3) is 3.14. The normalized spacial score (nSPS) is 15.2. The molecule has 108 valence electrons. The summed E-state index contributed by atoms with van der Waals surface area (Å²) >= 11 is 0. The van der Waals surface area contributed by atoms with Crippen molar-refractivity contribution in [1.82, 2.24) is 4.90 Å². The van der Waals surface area contributed by atoms with Crippen molar-refractivity contribution in [3.8, 4) is 11.1 Å². The zero-order valence-electron chi connectivity index (χ0n) is 12.1. The summed E-state index contributed by atoms with van der Waals surface area (Å²) in [7, 11) is 0. The summed E-state index contributed by atoms with van der Waals surface area (Å²) in [6.45, 7) is 3.34. The zero-order chi connectivity index (χ0) is 14.7. The number of rotatable bonds is 4. The molecule has 0 spiro atoms. The van der Waals surface area contributed by atoms with E-state index in [2.05, 4.69) is 23.1 Å². The van der Waals surface area contributed by atoms with Crippen molar-refractivity contribution in [3.63, 3.8) is 0 Å². The summed E-state index contributed by atoms with van der Waals surface area (Å²) in [4.78, 5) is 14.0. The van der Waals surface area contributed by atoms with E-state index in [0.29, 0.717) is 5.56 Å². The van der Waals surface area contributed by atoms with E-state index in [1.807, 2.05) is 24.3 Å². The number of hydrogen-bond acceptors (Lipinski definition) is 2. The SMILES string of the molecule is NC(=O)c1ccccc1-c1cccc(CN2CCCC2)c1. The summed E-state index contributed by atoms with van der Waals surface area (Å²) in [5, 5.41) is 0. The highest BCUT2D eigenvalue weighted by Gasteiger charge is 2.13. The van der Waals surface area contributed by atoms with Gasteiger partial charge in [-0.05, 0) is 54.8 Å². The molecule has 0 atom stereocenters. The maximum absolute atomic E-state index is 11.6. The lowest BCUT2D eigenvalue weighted by molar-refractivity contribution is 0.100. The minimum absolute atomic E-state index is 0.379. The highest BCUT2D eigenvalue weighted by Crippen LogP contribution is 2.25. The predicted molar refractivity (Wildman–Crippen MR) is 84.9 cm³/mol. The Kier molecular flexibility index (Phi) is 4.02. The summed E-state index contributed by atoms with van der Waals surface area (Å²) in [6, 6.07) is 15.9. The van der Waals surface area contributed by atoms with Gasteiger partial charge in [-0.1, -0.05) is 36.4 Å². The van der Waals surface area contributed by atoms with E-state index in [-0.39, 0.29) is 5.91 Å². The number of carbonyl (C=O) groups is 1. The van der Waals surface area contributed by atoms with Gasteiger partial charge in [0.15, 0.2) is 0 Å². The summed E-state index contributed by atoms with van der Waals surface area (Å²) in [5.41, 5.74) is 9.31. The highest BCUT2D eigenvalue weighted by molar-refractivity contribution is 5.99. The first-order valence-electron chi connectivity index (χ1n) is 7.44. The molecule has 1 fully saturated rings. The van der Waals surface area contributed by atoms with Crippen LogP contribution in [0.5, 0.6) is 0 Å². The van der Waals surface area contributed by atoms with Gasteiger partial charge in [0.1, 0.15) is 0 Å². The van der Waals surface area contributed by atoms with Crippen molar-refractivity contribution in [2.24, 2.45) is 5.73 Å². The Labute approximate surface area is 125 Å². The number of primary amides is 1. The largest absolute Gasteiger partial charge is 0.366 e. The monoisotopic (exact) mass is 280 g/mol. The van der Waals surface area contributed by atoms with E-state index in [1.165, 1.54) is 31.5 Å². The Morgan fingerprint density at radius 1 is 1.05 bits per heavy atom. The first kappa shape index (κ1) is 13.8. The van der Waals surface area contributed by atoms with E-state index >= 15 is 0 Å². The van der Waals surface area contributed by atoms with Gasteiger partial charge in [0.2, 0.25) is 5.91 Å². The zero-order valence-corrected chi connectivity index (χ0v) is 12.1. The Morgan fingerprint density at radius 2 is 1.81 bits per heavy atom. The molecule has 3 rings (SSSR count). The van der Waals surface area contributed by atoms with Crippen LogP contribution in [-0.4, -0.2) is 23.9 Å². The van der Waals surface area contributed by atoms with Crippen LogP contribution >= 0.6 is 0 Å². The molecule has 1 aliphatic rings. The van der Waals surface area contributed by atoms with Crippen molar-refractivity contribution < 1.29 is 4.79 Å². The van der Waals surface area contributed by atoms with Gasteiger partial charge in [0.05, 0.1) is 0 Å². The first-order valence-corrected chi connectivity index (χ1v) is 7.44. The molecule has 0 saturated carbocycles. The predicted octanol–water partition coefficient (Wildman–Crippen LogP) is 3.05. The molecule has 1 heterocycles. The van der Waals surface area contributed by atoms with Crippen LogP contribution in [0.2, 0.25) is 0 Å². The lowest BCUT2D eigenvalue weighted by atomic mass is 9.97. The quantitative estimate of drug-likeness (QED) is 0.935. The lowest BCUT2D eigenvalue weighted by Crippen LogP contribution is -2.18. The molecule has 0 radical (unpaired) electrons. The van der Waals surface area contributed by atoms with Gasteiger partial charge in [0, 0.05) is 12.1 Å². The second kappa shape index (κ2) is 6.10. The maximum Gasteiger partial charge on any atom is 0.249 e. The van der Waals surface area contributed by atoms with Crippen molar-refractivity contribution in [2.75, 3.05) is 13.1 Å². The number of nitrogens with zero attached hydrogens (tertiary/aromatic N) is 1. The molecule has 1 amide bonds. The Hall–Kier alpha value is -2.13. The molecule has 1 saturated heterocycles. The third-order valence-corrected chi connectivity index (χ3v) is 4.04. The van der Waals surface area contributed by atoms with E-state index < -0.39 is 0 Å².